The number of guanidine groups is 1. The lowest BCUT2D eigenvalue weighted by Gasteiger charge is -2.12. The van der Waals surface area contributed by atoms with Crippen molar-refractivity contribution in [1.29, 1.82) is 0 Å². The normalized spacial score (nSPS) is 12.2. The smallest absolute Gasteiger partial charge is 0.357 e. The minimum absolute atomic E-state index is 0.0634. The van der Waals surface area contributed by atoms with Gasteiger partial charge in [0.15, 0.2) is 5.96 Å². The van der Waals surface area contributed by atoms with E-state index in [1.165, 1.54) is 0 Å². The van der Waals surface area contributed by atoms with Crippen LogP contribution in [0, 0.1) is 6.92 Å². The molecule has 0 amide bonds. The van der Waals surface area contributed by atoms with E-state index in [9.17, 15) is 13.2 Å². The van der Waals surface area contributed by atoms with Crippen molar-refractivity contribution >= 4 is 22.9 Å². The van der Waals surface area contributed by atoms with Crippen molar-refractivity contribution in [1.82, 2.24) is 30.2 Å². The van der Waals surface area contributed by atoms with E-state index in [1.807, 2.05) is 32.0 Å². The molecule has 2 aromatic heterocycles. The van der Waals surface area contributed by atoms with Gasteiger partial charge < -0.3 is 20.5 Å². The summed E-state index contributed by atoms with van der Waals surface area (Å²) in [4.78, 5) is 16.4. The van der Waals surface area contributed by atoms with Crippen LogP contribution in [0.15, 0.2) is 41.5 Å². The van der Waals surface area contributed by atoms with Gasteiger partial charge in [0.05, 0.1) is 11.0 Å². The van der Waals surface area contributed by atoms with Crippen molar-refractivity contribution in [2.24, 2.45) is 4.99 Å². The van der Waals surface area contributed by atoms with Crippen molar-refractivity contribution < 1.29 is 13.2 Å². The van der Waals surface area contributed by atoms with Crippen molar-refractivity contribution in [2.75, 3.05) is 31.5 Å². The Morgan fingerprint density at radius 2 is 1.91 bits per heavy atom. The summed E-state index contributed by atoms with van der Waals surface area (Å²) in [6, 6.07) is 8.89. The third-order valence-corrected chi connectivity index (χ3v) is 4.65. The molecular weight excluding hydrogens is 421 g/mol. The van der Waals surface area contributed by atoms with E-state index >= 15 is 0 Å². The van der Waals surface area contributed by atoms with Crippen LogP contribution in [-0.4, -0.2) is 51.7 Å². The Morgan fingerprint density at radius 1 is 1.09 bits per heavy atom. The number of nitrogens with zero attached hydrogens (tertiary/aromatic N) is 5. The number of nitrogens with one attached hydrogen (secondary N) is 3. The molecule has 0 aliphatic rings. The van der Waals surface area contributed by atoms with Crippen LogP contribution in [0.3, 0.4) is 0 Å². The molecule has 11 heteroatoms. The summed E-state index contributed by atoms with van der Waals surface area (Å²) in [7, 11) is 0. The van der Waals surface area contributed by atoms with Crippen molar-refractivity contribution in [3.8, 4) is 0 Å². The first kappa shape index (κ1) is 23.3. The first-order valence-electron chi connectivity index (χ1n) is 10.5. The van der Waals surface area contributed by atoms with Crippen molar-refractivity contribution in [3.05, 3.63) is 48.0 Å². The standard InChI is InChI=1S/C21H27F3N8/c1-3-25-19(28-12-13-29-20-27-11-9-18(31-20)21(22,23)24)26-10-6-14-32-15(2)30-16-7-4-5-8-17(16)32/h4-5,7-9,11H,3,6,10,12-14H2,1-2H3,(H2,25,26,28)(H,27,29,31). The van der Waals surface area contributed by atoms with Crippen LogP contribution in [0.25, 0.3) is 11.0 Å². The molecule has 2 heterocycles. The number of aliphatic imine (C=N–C) groups is 1. The molecular formula is C21H27F3N8. The Kier molecular flexibility index (Phi) is 7.85. The number of hydrogen-bond donors (Lipinski definition) is 3. The van der Waals surface area contributed by atoms with Crippen molar-refractivity contribution in [3.63, 3.8) is 0 Å². The molecule has 0 saturated carbocycles. The van der Waals surface area contributed by atoms with Gasteiger partial charge in [-0.1, -0.05) is 12.1 Å². The number of alkyl halides is 3. The first-order chi connectivity index (χ1) is 15.4. The van der Waals surface area contributed by atoms with Crippen LogP contribution in [0.1, 0.15) is 24.9 Å². The Bertz CT molecular complexity index is 1040. The van der Waals surface area contributed by atoms with E-state index in [4.69, 9.17) is 0 Å². The summed E-state index contributed by atoms with van der Waals surface area (Å²) in [6.07, 6.45) is -2.57. The molecule has 32 heavy (non-hydrogen) atoms. The Balaban J connectivity index is 1.46. The molecule has 0 unspecified atom stereocenters. The Morgan fingerprint density at radius 3 is 2.69 bits per heavy atom. The average Bonchev–Trinajstić information content (AvgIpc) is 3.08. The highest BCUT2D eigenvalue weighted by Crippen LogP contribution is 2.27. The van der Waals surface area contributed by atoms with Gasteiger partial charge in [0.1, 0.15) is 11.5 Å². The molecule has 0 fully saturated rings. The number of imidazole rings is 1. The fraction of sp³-hybridized carbons (Fsp3) is 0.429. The average molecular weight is 448 g/mol. The number of fused-ring (bicyclic) bond motifs is 1. The fourth-order valence-electron chi connectivity index (χ4n) is 3.20. The molecule has 172 valence electrons. The Hall–Kier alpha value is -3.37. The summed E-state index contributed by atoms with van der Waals surface area (Å²) in [6.45, 7) is 6.86. The van der Waals surface area contributed by atoms with Crippen LogP contribution in [-0.2, 0) is 12.7 Å². The lowest BCUT2D eigenvalue weighted by atomic mass is 10.3. The second-order valence-corrected chi connectivity index (χ2v) is 7.03. The fourth-order valence-corrected chi connectivity index (χ4v) is 3.20. The summed E-state index contributed by atoms with van der Waals surface area (Å²) in [5.74, 6) is 1.56. The van der Waals surface area contributed by atoms with Crippen LogP contribution in [0.2, 0.25) is 0 Å². The number of halogens is 3. The van der Waals surface area contributed by atoms with Gasteiger partial charge in [-0.05, 0) is 38.5 Å². The molecule has 0 aliphatic heterocycles. The molecule has 8 nitrogen and oxygen atoms in total. The lowest BCUT2D eigenvalue weighted by molar-refractivity contribution is -0.141. The SMILES string of the molecule is CCNC(=NCCCn1c(C)nc2ccccc21)NCCNc1nccc(C(F)(F)F)n1. The van der Waals surface area contributed by atoms with Gasteiger partial charge in [0, 0.05) is 38.9 Å². The monoisotopic (exact) mass is 448 g/mol. The third-order valence-electron chi connectivity index (χ3n) is 4.65. The van der Waals surface area contributed by atoms with Gasteiger partial charge >= 0.3 is 6.18 Å². The highest BCUT2D eigenvalue weighted by Gasteiger charge is 2.32. The second kappa shape index (κ2) is 10.8. The molecule has 1 aromatic carbocycles. The van der Waals surface area contributed by atoms with Gasteiger partial charge in [-0.3, -0.25) is 4.99 Å². The molecule has 0 bridgehead atoms. The van der Waals surface area contributed by atoms with E-state index < -0.39 is 11.9 Å². The summed E-state index contributed by atoms with van der Waals surface area (Å²) >= 11 is 0. The molecule has 3 N–H and O–H groups in total. The quantitative estimate of drug-likeness (QED) is 0.265. The van der Waals surface area contributed by atoms with E-state index in [0.29, 0.717) is 32.1 Å². The predicted octanol–water partition coefficient (Wildman–Crippen LogP) is 3.21. The number of aromatic nitrogens is 4. The van der Waals surface area contributed by atoms with Gasteiger partial charge in [-0.15, -0.1) is 0 Å². The van der Waals surface area contributed by atoms with Gasteiger partial charge in [-0.2, -0.15) is 13.2 Å². The molecule has 0 saturated heterocycles. The van der Waals surface area contributed by atoms with Crippen molar-refractivity contribution in [2.45, 2.75) is 33.0 Å². The third kappa shape index (κ3) is 6.32. The minimum Gasteiger partial charge on any atom is -0.357 e. The Labute approximate surface area is 184 Å². The predicted molar refractivity (Wildman–Crippen MR) is 119 cm³/mol. The molecule has 0 aliphatic carbocycles. The summed E-state index contributed by atoms with van der Waals surface area (Å²) < 4.78 is 40.4. The summed E-state index contributed by atoms with van der Waals surface area (Å²) in [5, 5.41) is 9.09. The van der Waals surface area contributed by atoms with E-state index in [0.717, 1.165) is 42.1 Å². The van der Waals surface area contributed by atoms with Crippen LogP contribution in [0.4, 0.5) is 19.1 Å². The van der Waals surface area contributed by atoms with Crippen LogP contribution in [0.5, 0.6) is 0 Å². The zero-order valence-electron chi connectivity index (χ0n) is 18.1. The number of aryl methyl sites for hydroxylation is 2. The molecule has 0 spiro atoms. The van der Waals surface area contributed by atoms with E-state index in [2.05, 4.69) is 46.5 Å². The highest BCUT2D eigenvalue weighted by molar-refractivity contribution is 5.79. The van der Waals surface area contributed by atoms with Gasteiger partial charge in [0.25, 0.3) is 0 Å². The highest BCUT2D eigenvalue weighted by atomic mass is 19.4. The number of rotatable bonds is 9. The zero-order chi connectivity index (χ0) is 23.0. The maximum atomic E-state index is 12.7. The zero-order valence-corrected chi connectivity index (χ0v) is 18.1. The first-order valence-corrected chi connectivity index (χ1v) is 10.5. The molecule has 0 atom stereocenters. The number of benzene rings is 1. The van der Waals surface area contributed by atoms with E-state index in [1.54, 1.807) is 0 Å². The number of para-hydroxylation sites is 2. The largest absolute Gasteiger partial charge is 0.433 e. The van der Waals surface area contributed by atoms with Gasteiger partial charge in [-0.25, -0.2) is 15.0 Å². The number of anilines is 1. The van der Waals surface area contributed by atoms with E-state index in [-0.39, 0.29) is 5.95 Å². The van der Waals surface area contributed by atoms with Gasteiger partial charge in [0.2, 0.25) is 5.95 Å². The molecule has 0 radical (unpaired) electrons. The topological polar surface area (TPSA) is 92.0 Å². The maximum absolute atomic E-state index is 12.7. The summed E-state index contributed by atoms with van der Waals surface area (Å²) in [5.41, 5.74) is 1.13. The molecule has 3 rings (SSSR count). The second-order valence-electron chi connectivity index (χ2n) is 7.03. The van der Waals surface area contributed by atoms with Crippen LogP contribution < -0.4 is 16.0 Å². The minimum atomic E-state index is -4.50. The molecule has 3 aromatic rings. The van der Waals surface area contributed by atoms with Crippen LogP contribution >= 0.6 is 0 Å². The maximum Gasteiger partial charge on any atom is 0.433 e. The lowest BCUT2D eigenvalue weighted by Crippen LogP contribution is -2.39. The number of hydrogen-bond acceptors (Lipinski definition) is 5.